The van der Waals surface area contributed by atoms with Crippen LogP contribution in [0.3, 0.4) is 0 Å². The molecule has 190 valence electrons. The molecule has 3 rings (SSSR count). The van der Waals surface area contributed by atoms with Crippen LogP contribution in [0.4, 0.5) is 10.6 Å². The maximum atomic E-state index is 12.0. The molecule has 0 saturated carbocycles. The van der Waals surface area contributed by atoms with Crippen LogP contribution in [-0.2, 0) is 17.0 Å². The number of benzene rings is 1. The summed E-state index contributed by atoms with van der Waals surface area (Å²) in [4.78, 5) is 22.3. The van der Waals surface area contributed by atoms with Crippen molar-refractivity contribution >= 4 is 35.4 Å². The molecule has 12 heteroatoms. The number of carbonyl (C=O) groups excluding carboxylic acids is 1. The minimum Gasteiger partial charge on any atom is -0.397 e. The number of imidazole rings is 1. The Hall–Kier alpha value is -2.96. The van der Waals surface area contributed by atoms with Crippen molar-refractivity contribution in [2.24, 2.45) is 10.7 Å². The second-order valence-corrected chi connectivity index (χ2v) is 8.81. The maximum absolute atomic E-state index is 12.0. The van der Waals surface area contributed by atoms with Crippen LogP contribution in [0.5, 0.6) is 0 Å². The van der Waals surface area contributed by atoms with Gasteiger partial charge in [0.25, 0.3) is 0 Å². The van der Waals surface area contributed by atoms with Crippen LogP contribution < -0.4 is 16.4 Å². The smallest absolute Gasteiger partial charge is 0.315 e. The van der Waals surface area contributed by atoms with E-state index in [1.165, 1.54) is 17.1 Å². The monoisotopic (exact) mass is 505 g/mol. The van der Waals surface area contributed by atoms with Gasteiger partial charge in [0, 0.05) is 37.4 Å². The quantitative estimate of drug-likeness (QED) is 0.302. The van der Waals surface area contributed by atoms with Crippen LogP contribution in [0.25, 0.3) is 5.70 Å². The first kappa shape index (κ1) is 26.6. The van der Waals surface area contributed by atoms with Gasteiger partial charge in [0.1, 0.15) is 17.9 Å². The topological polar surface area (TPSA) is 150 Å². The van der Waals surface area contributed by atoms with Crippen molar-refractivity contribution in [3.8, 4) is 0 Å². The number of rotatable bonds is 10. The van der Waals surface area contributed by atoms with Gasteiger partial charge in [0.05, 0.1) is 18.6 Å². The molecule has 1 aliphatic rings. The van der Waals surface area contributed by atoms with Crippen LogP contribution in [0, 0.1) is 0 Å². The van der Waals surface area contributed by atoms with Gasteiger partial charge in [0.15, 0.2) is 11.5 Å². The number of ether oxygens (including phenoxy) is 1. The standard InChI is InChI=1S/C23H32ClN7O4/c1-4-26-21-19(15(2)25)29-14-31(21)23(34)13-35-18(20(23)32)12-30(3)10-9-27-22(33)28-11-16-5-7-17(24)8-6-16/h4-8,14,18,20,32,34H,2,9-13,25H2,1,3H3,(H2,27,28,33)/b26-4-/t18-,20-,23-/m1/s1. The number of hydrogen-bond donors (Lipinski definition) is 5. The van der Waals surface area contributed by atoms with Gasteiger partial charge in [-0.3, -0.25) is 4.57 Å². The van der Waals surface area contributed by atoms with Crippen LogP contribution in [-0.4, -0.2) is 82.4 Å². The number of nitrogens with two attached hydrogens (primary N) is 1. The molecule has 3 atom stereocenters. The first-order valence-electron chi connectivity index (χ1n) is 11.1. The van der Waals surface area contributed by atoms with Gasteiger partial charge in [-0.25, -0.2) is 14.8 Å². The molecule has 2 aromatic rings. The van der Waals surface area contributed by atoms with Gasteiger partial charge in [0.2, 0.25) is 0 Å². The van der Waals surface area contributed by atoms with Crippen molar-refractivity contribution in [1.82, 2.24) is 25.1 Å². The summed E-state index contributed by atoms with van der Waals surface area (Å²) in [6.07, 6.45) is 0.977. The zero-order valence-corrected chi connectivity index (χ0v) is 20.6. The van der Waals surface area contributed by atoms with E-state index in [1.807, 2.05) is 24.1 Å². The molecule has 1 aliphatic heterocycles. The van der Waals surface area contributed by atoms with Gasteiger partial charge in [-0.05, 0) is 31.7 Å². The lowest BCUT2D eigenvalue weighted by molar-refractivity contribution is -0.110. The molecule has 1 saturated heterocycles. The van der Waals surface area contributed by atoms with Gasteiger partial charge >= 0.3 is 6.03 Å². The molecule has 1 aromatic carbocycles. The van der Waals surface area contributed by atoms with Crippen molar-refractivity contribution in [3.05, 3.63) is 53.5 Å². The lowest BCUT2D eigenvalue weighted by Gasteiger charge is -2.29. The molecule has 2 heterocycles. The van der Waals surface area contributed by atoms with Crippen molar-refractivity contribution in [3.63, 3.8) is 0 Å². The molecule has 0 radical (unpaired) electrons. The molecule has 0 bridgehead atoms. The zero-order valence-electron chi connectivity index (χ0n) is 19.8. The van der Waals surface area contributed by atoms with E-state index in [1.54, 1.807) is 19.1 Å². The molecule has 0 spiro atoms. The highest BCUT2D eigenvalue weighted by atomic mass is 35.5. The molecule has 35 heavy (non-hydrogen) atoms. The number of aliphatic imine (C=N–C) groups is 1. The van der Waals surface area contributed by atoms with E-state index >= 15 is 0 Å². The average Bonchev–Trinajstić information content (AvgIpc) is 3.36. The van der Waals surface area contributed by atoms with E-state index in [0.29, 0.717) is 36.9 Å². The van der Waals surface area contributed by atoms with Crippen molar-refractivity contribution < 1.29 is 19.7 Å². The number of urea groups is 1. The van der Waals surface area contributed by atoms with E-state index in [4.69, 9.17) is 22.1 Å². The van der Waals surface area contributed by atoms with Crippen LogP contribution in [0.2, 0.25) is 5.02 Å². The number of likely N-dealkylation sites (N-methyl/N-ethyl adjacent to an activating group) is 1. The second kappa shape index (κ2) is 11.6. The molecule has 6 N–H and O–H groups in total. The Balaban J connectivity index is 1.49. The van der Waals surface area contributed by atoms with Gasteiger partial charge in [-0.1, -0.05) is 30.3 Å². The fraction of sp³-hybridized carbons (Fsp3) is 0.435. The molecular formula is C23H32ClN7O4. The first-order chi connectivity index (χ1) is 16.7. The lowest BCUT2D eigenvalue weighted by atomic mass is 10.0. The highest BCUT2D eigenvalue weighted by Crippen LogP contribution is 2.35. The summed E-state index contributed by atoms with van der Waals surface area (Å²) in [5.74, 6) is 0.285. The fourth-order valence-corrected chi connectivity index (χ4v) is 3.90. The highest BCUT2D eigenvalue weighted by Gasteiger charge is 2.50. The number of carbonyl (C=O) groups is 1. The molecule has 1 fully saturated rings. The highest BCUT2D eigenvalue weighted by molar-refractivity contribution is 6.30. The number of amides is 2. The second-order valence-electron chi connectivity index (χ2n) is 8.37. The van der Waals surface area contributed by atoms with Crippen molar-refractivity contribution in [2.45, 2.75) is 31.4 Å². The third-order valence-corrected chi connectivity index (χ3v) is 5.94. The van der Waals surface area contributed by atoms with Gasteiger partial charge in [-0.2, -0.15) is 0 Å². The summed E-state index contributed by atoms with van der Waals surface area (Å²) >= 11 is 5.86. The Labute approximate surface area is 209 Å². The predicted molar refractivity (Wildman–Crippen MR) is 134 cm³/mol. The van der Waals surface area contributed by atoms with Gasteiger partial charge < -0.3 is 36.2 Å². The summed E-state index contributed by atoms with van der Waals surface area (Å²) in [5.41, 5.74) is 5.47. The number of hydrogen-bond acceptors (Lipinski definition) is 8. The van der Waals surface area contributed by atoms with Crippen LogP contribution >= 0.6 is 11.6 Å². The fourth-order valence-electron chi connectivity index (χ4n) is 3.77. The number of aromatic nitrogens is 2. The Morgan fingerprint density at radius 1 is 1.46 bits per heavy atom. The van der Waals surface area contributed by atoms with E-state index < -0.39 is 17.9 Å². The SMILES string of the molecule is C=C(N)c1ncn([C@@]2(O)CO[C@H](CN(C)CCNC(=O)NCc3ccc(Cl)cc3)[C@H]2O)c1/N=C\C. The molecule has 2 amide bonds. The number of halogens is 1. The number of nitrogens with one attached hydrogen (secondary N) is 2. The van der Waals surface area contributed by atoms with E-state index in [-0.39, 0.29) is 24.2 Å². The summed E-state index contributed by atoms with van der Waals surface area (Å²) in [7, 11) is 1.83. The van der Waals surface area contributed by atoms with Crippen molar-refractivity contribution in [1.29, 1.82) is 0 Å². The summed E-state index contributed by atoms with van der Waals surface area (Å²) < 4.78 is 7.09. The van der Waals surface area contributed by atoms with E-state index in [0.717, 1.165) is 5.56 Å². The number of nitrogens with zero attached hydrogens (tertiary/aromatic N) is 4. The van der Waals surface area contributed by atoms with Crippen molar-refractivity contribution in [2.75, 3.05) is 33.3 Å². The largest absolute Gasteiger partial charge is 0.397 e. The first-order valence-corrected chi connectivity index (χ1v) is 11.5. The third-order valence-electron chi connectivity index (χ3n) is 5.69. The Morgan fingerprint density at radius 3 is 2.83 bits per heavy atom. The summed E-state index contributed by atoms with van der Waals surface area (Å²) in [5, 5.41) is 28.4. The minimum atomic E-state index is -1.77. The summed E-state index contributed by atoms with van der Waals surface area (Å²) in [6, 6.07) is 6.94. The Bertz CT molecular complexity index is 1060. The molecule has 1 aromatic heterocycles. The normalized spacial score (nSPS) is 22.1. The Morgan fingerprint density at radius 2 is 2.17 bits per heavy atom. The third kappa shape index (κ3) is 6.38. The molecule has 0 aliphatic carbocycles. The van der Waals surface area contributed by atoms with Gasteiger partial charge in [-0.15, -0.1) is 0 Å². The average molecular weight is 506 g/mol. The van der Waals surface area contributed by atoms with E-state index in [9.17, 15) is 15.0 Å². The maximum Gasteiger partial charge on any atom is 0.315 e. The lowest BCUT2D eigenvalue weighted by Crippen LogP contribution is -2.48. The van der Waals surface area contributed by atoms with Crippen LogP contribution in [0.15, 0.2) is 42.2 Å². The molecular weight excluding hydrogens is 474 g/mol. The number of aliphatic hydroxyl groups excluding tert-OH is 1. The molecule has 11 nitrogen and oxygen atoms in total. The van der Waals surface area contributed by atoms with E-state index in [2.05, 4.69) is 27.2 Å². The van der Waals surface area contributed by atoms with Crippen LogP contribution in [0.1, 0.15) is 18.2 Å². The minimum absolute atomic E-state index is 0.156. The summed E-state index contributed by atoms with van der Waals surface area (Å²) in [6.45, 7) is 6.85. The predicted octanol–water partition coefficient (Wildman–Crippen LogP) is 1.02. The Kier molecular flexibility index (Phi) is 8.87. The molecule has 0 unspecified atom stereocenters. The zero-order chi connectivity index (χ0) is 25.6. The number of aliphatic hydroxyl groups is 2.